The molecule has 26 heavy (non-hydrogen) atoms. The summed E-state index contributed by atoms with van der Waals surface area (Å²) in [6.07, 6.45) is 2.51. The Hall–Kier alpha value is -2.74. The largest absolute Gasteiger partial charge is 0.352 e. The predicted molar refractivity (Wildman–Crippen MR) is 96.6 cm³/mol. The normalized spacial score (nSPS) is 17.0. The van der Waals surface area contributed by atoms with Gasteiger partial charge in [-0.3, -0.25) is 14.0 Å². The fourth-order valence-corrected chi connectivity index (χ4v) is 4.08. The van der Waals surface area contributed by atoms with Gasteiger partial charge in [-0.25, -0.2) is 9.37 Å². The van der Waals surface area contributed by atoms with Gasteiger partial charge in [0.05, 0.1) is 5.69 Å². The molecule has 0 bridgehead atoms. The lowest BCUT2D eigenvalue weighted by atomic mass is 10.2. The number of benzene rings is 1. The number of thiazole rings is 1. The fourth-order valence-electron chi connectivity index (χ4n) is 3.24. The molecule has 3 aromatic rings. The van der Waals surface area contributed by atoms with Crippen molar-refractivity contribution in [3.8, 4) is 11.3 Å². The Morgan fingerprint density at radius 2 is 2.23 bits per heavy atom. The van der Waals surface area contributed by atoms with E-state index in [9.17, 15) is 14.0 Å². The van der Waals surface area contributed by atoms with E-state index in [4.69, 9.17) is 0 Å². The highest BCUT2D eigenvalue weighted by Crippen LogP contribution is 2.25. The van der Waals surface area contributed by atoms with E-state index in [1.54, 1.807) is 33.0 Å². The van der Waals surface area contributed by atoms with E-state index in [0.29, 0.717) is 35.0 Å². The number of imidazole rings is 1. The monoisotopic (exact) mass is 372 g/mol. The summed E-state index contributed by atoms with van der Waals surface area (Å²) >= 11 is 1.37. The third-order valence-electron chi connectivity index (χ3n) is 4.43. The number of hydrogen-bond acceptors (Lipinski definition) is 4. The Morgan fingerprint density at radius 3 is 3.00 bits per heavy atom. The number of nitrogens with one attached hydrogen (secondary N) is 1. The van der Waals surface area contributed by atoms with E-state index in [1.807, 2.05) is 0 Å². The molecular weight excluding hydrogens is 355 g/mol. The van der Waals surface area contributed by atoms with Crippen LogP contribution in [-0.4, -0.2) is 45.2 Å². The molecule has 1 atom stereocenters. The van der Waals surface area contributed by atoms with Gasteiger partial charge in [0.15, 0.2) is 4.96 Å². The molecular formula is C18H17FN4O2S. The summed E-state index contributed by atoms with van der Waals surface area (Å²) in [5.41, 5.74) is 1.83. The van der Waals surface area contributed by atoms with Gasteiger partial charge in [0.2, 0.25) is 5.91 Å². The van der Waals surface area contributed by atoms with E-state index in [2.05, 4.69) is 10.3 Å². The molecule has 1 aliphatic rings. The molecule has 3 heterocycles. The smallest absolute Gasteiger partial charge is 0.271 e. The topological polar surface area (TPSA) is 66.7 Å². The van der Waals surface area contributed by atoms with E-state index >= 15 is 0 Å². The molecule has 0 spiro atoms. The summed E-state index contributed by atoms with van der Waals surface area (Å²) < 4.78 is 15.2. The first-order chi connectivity index (χ1) is 12.5. The quantitative estimate of drug-likeness (QED) is 0.768. The highest BCUT2D eigenvalue weighted by atomic mass is 32.1. The van der Waals surface area contributed by atoms with Gasteiger partial charge in [0.25, 0.3) is 5.91 Å². The first-order valence-corrected chi connectivity index (χ1v) is 9.18. The number of hydrogen-bond donors (Lipinski definition) is 1. The zero-order chi connectivity index (χ0) is 18.3. The highest BCUT2D eigenvalue weighted by Gasteiger charge is 2.29. The molecule has 0 saturated carbocycles. The van der Waals surface area contributed by atoms with Crippen LogP contribution in [0.1, 0.15) is 23.8 Å². The number of nitrogens with zero attached hydrogens (tertiary/aromatic N) is 3. The molecule has 0 aliphatic carbocycles. The second-order valence-corrected chi connectivity index (χ2v) is 7.18. The van der Waals surface area contributed by atoms with Crippen molar-refractivity contribution in [3.05, 3.63) is 47.4 Å². The average Bonchev–Trinajstić information content (AvgIpc) is 3.28. The van der Waals surface area contributed by atoms with Gasteiger partial charge in [-0.15, -0.1) is 11.3 Å². The minimum atomic E-state index is -0.323. The lowest BCUT2D eigenvalue weighted by Gasteiger charge is -2.16. The highest BCUT2D eigenvalue weighted by molar-refractivity contribution is 7.15. The number of aromatic nitrogens is 2. The molecule has 134 valence electrons. The summed E-state index contributed by atoms with van der Waals surface area (Å²) in [4.78, 5) is 31.0. The third kappa shape index (κ3) is 3.08. The lowest BCUT2D eigenvalue weighted by molar-refractivity contribution is -0.119. The van der Waals surface area contributed by atoms with Crippen LogP contribution in [0.25, 0.3) is 16.2 Å². The number of carbonyl (C=O) groups is 2. The van der Waals surface area contributed by atoms with Crippen molar-refractivity contribution in [2.45, 2.75) is 19.4 Å². The maximum Gasteiger partial charge on any atom is 0.271 e. The number of likely N-dealkylation sites (tertiary alicyclic amines) is 1. The Morgan fingerprint density at radius 1 is 1.38 bits per heavy atom. The Labute approximate surface area is 153 Å². The van der Waals surface area contributed by atoms with Crippen LogP contribution in [0.5, 0.6) is 0 Å². The SMILES string of the molecule is CC(=O)N[C@H]1CCN(C(=O)c2csc3nc(-c4cccc(F)c4)cn23)C1. The summed E-state index contributed by atoms with van der Waals surface area (Å²) in [7, 11) is 0. The van der Waals surface area contributed by atoms with Gasteiger partial charge in [-0.05, 0) is 18.6 Å². The number of fused-ring (bicyclic) bond motifs is 1. The van der Waals surface area contributed by atoms with Crippen molar-refractivity contribution in [3.63, 3.8) is 0 Å². The average molecular weight is 372 g/mol. The molecule has 1 N–H and O–H groups in total. The second-order valence-electron chi connectivity index (χ2n) is 6.35. The van der Waals surface area contributed by atoms with Crippen molar-refractivity contribution in [2.75, 3.05) is 13.1 Å². The van der Waals surface area contributed by atoms with Crippen molar-refractivity contribution < 1.29 is 14.0 Å². The van der Waals surface area contributed by atoms with Crippen LogP contribution in [0.15, 0.2) is 35.8 Å². The maximum atomic E-state index is 13.5. The van der Waals surface area contributed by atoms with Crippen LogP contribution in [0.3, 0.4) is 0 Å². The summed E-state index contributed by atoms with van der Waals surface area (Å²) in [5.74, 6) is -0.500. The Kier molecular flexibility index (Phi) is 4.20. The van der Waals surface area contributed by atoms with Crippen molar-refractivity contribution >= 4 is 28.1 Å². The molecule has 2 aromatic heterocycles. The predicted octanol–water partition coefficient (Wildman–Crippen LogP) is 2.55. The van der Waals surface area contributed by atoms with Gasteiger partial charge < -0.3 is 10.2 Å². The molecule has 6 nitrogen and oxygen atoms in total. The second kappa shape index (κ2) is 6.53. The van der Waals surface area contributed by atoms with Crippen molar-refractivity contribution in [1.82, 2.24) is 19.6 Å². The number of amides is 2. The molecule has 8 heteroatoms. The number of halogens is 1. The van der Waals surface area contributed by atoms with Crippen molar-refractivity contribution in [2.24, 2.45) is 0 Å². The van der Waals surface area contributed by atoms with Crippen LogP contribution in [-0.2, 0) is 4.79 Å². The first-order valence-electron chi connectivity index (χ1n) is 8.30. The van der Waals surface area contributed by atoms with E-state index in [-0.39, 0.29) is 23.7 Å². The zero-order valence-electron chi connectivity index (χ0n) is 14.1. The molecule has 1 aliphatic heterocycles. The van der Waals surface area contributed by atoms with E-state index < -0.39 is 0 Å². The molecule has 0 unspecified atom stereocenters. The lowest BCUT2D eigenvalue weighted by Crippen LogP contribution is -2.37. The third-order valence-corrected chi connectivity index (χ3v) is 5.27. The minimum absolute atomic E-state index is 0.00350. The Balaban J connectivity index is 1.59. The standard InChI is InChI=1S/C18H17FN4O2S/c1-11(24)20-14-5-6-22(8-14)17(25)16-10-26-18-21-15(9-23(16)18)12-3-2-4-13(19)7-12/h2-4,7,9-10,14H,5-6,8H2,1H3,(H,20,24)/t14-/m0/s1. The van der Waals surface area contributed by atoms with E-state index in [0.717, 1.165) is 6.42 Å². The molecule has 1 aromatic carbocycles. The van der Waals surface area contributed by atoms with Crippen molar-refractivity contribution in [1.29, 1.82) is 0 Å². The summed E-state index contributed by atoms with van der Waals surface area (Å²) in [5, 5.41) is 4.64. The molecule has 2 amide bonds. The zero-order valence-corrected chi connectivity index (χ0v) is 14.9. The van der Waals surface area contributed by atoms with Crippen LogP contribution in [0.4, 0.5) is 4.39 Å². The Bertz CT molecular complexity index is 996. The number of carbonyl (C=O) groups excluding carboxylic acids is 2. The van der Waals surface area contributed by atoms with Gasteiger partial charge >= 0.3 is 0 Å². The van der Waals surface area contributed by atoms with E-state index in [1.165, 1.54) is 30.4 Å². The first kappa shape index (κ1) is 16.7. The van der Waals surface area contributed by atoms with Gasteiger partial charge in [0.1, 0.15) is 11.5 Å². The van der Waals surface area contributed by atoms with Crippen LogP contribution < -0.4 is 5.32 Å². The van der Waals surface area contributed by atoms with Crippen LogP contribution >= 0.6 is 11.3 Å². The van der Waals surface area contributed by atoms with Gasteiger partial charge in [0, 0.05) is 43.2 Å². The van der Waals surface area contributed by atoms with Crippen LogP contribution in [0, 0.1) is 5.82 Å². The summed E-state index contributed by atoms with van der Waals surface area (Å²) in [6.45, 7) is 2.58. The minimum Gasteiger partial charge on any atom is -0.352 e. The number of rotatable bonds is 3. The van der Waals surface area contributed by atoms with Crippen LogP contribution in [0.2, 0.25) is 0 Å². The van der Waals surface area contributed by atoms with Gasteiger partial charge in [-0.1, -0.05) is 12.1 Å². The maximum absolute atomic E-state index is 13.5. The summed E-state index contributed by atoms with van der Waals surface area (Å²) in [6, 6.07) is 6.23. The molecule has 1 fully saturated rings. The molecule has 0 radical (unpaired) electrons. The fraction of sp³-hybridized carbons (Fsp3) is 0.278. The molecule has 4 rings (SSSR count). The molecule has 1 saturated heterocycles. The van der Waals surface area contributed by atoms with Gasteiger partial charge in [-0.2, -0.15) is 0 Å².